The van der Waals surface area contributed by atoms with Gasteiger partial charge in [0.1, 0.15) is 5.75 Å². The van der Waals surface area contributed by atoms with Crippen molar-refractivity contribution in [2.24, 2.45) is 0 Å². The summed E-state index contributed by atoms with van der Waals surface area (Å²) in [6.45, 7) is 6.59. The number of hydrogen-bond donors (Lipinski definition) is 2. The van der Waals surface area contributed by atoms with Gasteiger partial charge in [-0.05, 0) is 61.7 Å². The van der Waals surface area contributed by atoms with E-state index in [0.717, 1.165) is 26.9 Å². The topological polar surface area (TPSA) is 67.4 Å². The summed E-state index contributed by atoms with van der Waals surface area (Å²) >= 11 is 3.33. The summed E-state index contributed by atoms with van der Waals surface area (Å²) in [6.07, 6.45) is 0. The molecule has 2 aromatic rings. The highest BCUT2D eigenvalue weighted by Crippen LogP contribution is 2.25. The molecular formula is C20H23BrN2O3. The molecule has 5 nitrogen and oxygen atoms in total. The van der Waals surface area contributed by atoms with Crippen LogP contribution in [0.4, 0.5) is 0 Å². The highest BCUT2D eigenvalue weighted by Gasteiger charge is 2.09. The molecule has 0 heterocycles. The normalized spacial score (nSPS) is 10.3. The summed E-state index contributed by atoms with van der Waals surface area (Å²) in [5.41, 5.74) is 3.75. The Hall–Kier alpha value is -2.34. The molecule has 0 radical (unpaired) electrons. The van der Waals surface area contributed by atoms with Gasteiger partial charge >= 0.3 is 0 Å². The summed E-state index contributed by atoms with van der Waals surface area (Å²) in [5.74, 6) is 0.362. The quantitative estimate of drug-likeness (QED) is 0.677. The summed E-state index contributed by atoms with van der Waals surface area (Å²) in [5, 5.41) is 5.50. The Balaban J connectivity index is 1.72. The number of amides is 2. The van der Waals surface area contributed by atoms with Crippen molar-refractivity contribution in [3.05, 3.63) is 63.1 Å². The molecule has 2 amide bonds. The van der Waals surface area contributed by atoms with Crippen molar-refractivity contribution in [3.8, 4) is 5.75 Å². The predicted molar refractivity (Wildman–Crippen MR) is 106 cm³/mol. The van der Waals surface area contributed by atoms with Gasteiger partial charge in [0.2, 0.25) is 0 Å². The van der Waals surface area contributed by atoms with Crippen molar-refractivity contribution >= 4 is 27.7 Å². The average molecular weight is 419 g/mol. The van der Waals surface area contributed by atoms with Crippen LogP contribution in [0.3, 0.4) is 0 Å². The number of hydrogen-bond acceptors (Lipinski definition) is 3. The Labute approximate surface area is 162 Å². The standard InChI is InChI=1S/C20H23BrN2O3/c1-13-4-5-14(2)19(15(13)3)26-12-18(24)22-10-11-23-20(25)16-6-8-17(21)9-7-16/h4-9H,10-12H2,1-3H3,(H,22,24)(H,23,25). The first kappa shape index (κ1) is 20.0. The fraction of sp³-hybridized carbons (Fsp3) is 0.300. The summed E-state index contributed by atoms with van der Waals surface area (Å²) in [7, 11) is 0. The number of carbonyl (C=O) groups is 2. The Kier molecular flexibility index (Phi) is 7.21. The number of aryl methyl sites for hydroxylation is 2. The fourth-order valence-electron chi connectivity index (χ4n) is 2.42. The van der Waals surface area contributed by atoms with E-state index in [1.807, 2.05) is 45.0 Å². The molecule has 0 fully saturated rings. The first-order valence-corrected chi connectivity index (χ1v) is 9.18. The molecule has 0 unspecified atom stereocenters. The van der Waals surface area contributed by atoms with E-state index in [1.54, 1.807) is 12.1 Å². The fourth-order valence-corrected chi connectivity index (χ4v) is 2.68. The molecule has 26 heavy (non-hydrogen) atoms. The number of nitrogens with one attached hydrogen (secondary N) is 2. The number of ether oxygens (including phenoxy) is 1. The van der Waals surface area contributed by atoms with E-state index in [-0.39, 0.29) is 18.4 Å². The minimum absolute atomic E-state index is 0.0498. The third-order valence-corrected chi connectivity index (χ3v) is 4.59. The molecular weight excluding hydrogens is 396 g/mol. The van der Waals surface area contributed by atoms with Gasteiger partial charge in [-0.15, -0.1) is 0 Å². The molecule has 0 spiro atoms. The van der Waals surface area contributed by atoms with Gasteiger partial charge in [0, 0.05) is 23.1 Å². The van der Waals surface area contributed by atoms with Crippen LogP contribution >= 0.6 is 15.9 Å². The van der Waals surface area contributed by atoms with E-state index in [2.05, 4.69) is 26.6 Å². The minimum atomic E-state index is -0.219. The Morgan fingerprint density at radius 3 is 2.23 bits per heavy atom. The van der Waals surface area contributed by atoms with Crippen molar-refractivity contribution in [1.82, 2.24) is 10.6 Å². The smallest absolute Gasteiger partial charge is 0.258 e. The predicted octanol–water partition coefficient (Wildman–Crippen LogP) is 3.30. The molecule has 2 N–H and O–H groups in total. The maximum absolute atomic E-state index is 12.0. The lowest BCUT2D eigenvalue weighted by molar-refractivity contribution is -0.123. The van der Waals surface area contributed by atoms with Gasteiger partial charge < -0.3 is 15.4 Å². The Bertz CT molecular complexity index is 788. The zero-order chi connectivity index (χ0) is 19.1. The monoisotopic (exact) mass is 418 g/mol. The minimum Gasteiger partial charge on any atom is -0.483 e. The molecule has 6 heteroatoms. The van der Waals surface area contributed by atoms with Crippen LogP contribution in [0.25, 0.3) is 0 Å². The van der Waals surface area contributed by atoms with E-state index in [4.69, 9.17) is 4.74 Å². The Morgan fingerprint density at radius 2 is 1.54 bits per heavy atom. The first-order chi connectivity index (χ1) is 12.4. The molecule has 0 bridgehead atoms. The largest absolute Gasteiger partial charge is 0.483 e. The van der Waals surface area contributed by atoms with E-state index in [0.29, 0.717) is 18.7 Å². The maximum Gasteiger partial charge on any atom is 0.258 e. The van der Waals surface area contributed by atoms with Gasteiger partial charge in [-0.1, -0.05) is 28.1 Å². The summed E-state index contributed by atoms with van der Waals surface area (Å²) < 4.78 is 6.58. The van der Waals surface area contributed by atoms with Gasteiger partial charge in [0.15, 0.2) is 6.61 Å². The molecule has 0 aromatic heterocycles. The summed E-state index contributed by atoms with van der Waals surface area (Å²) in [4.78, 5) is 23.9. The van der Waals surface area contributed by atoms with Crippen molar-refractivity contribution in [2.45, 2.75) is 20.8 Å². The first-order valence-electron chi connectivity index (χ1n) is 8.38. The van der Waals surface area contributed by atoms with Crippen molar-refractivity contribution in [3.63, 3.8) is 0 Å². The maximum atomic E-state index is 12.0. The van der Waals surface area contributed by atoms with Crippen molar-refractivity contribution in [1.29, 1.82) is 0 Å². The summed E-state index contributed by atoms with van der Waals surface area (Å²) in [6, 6.07) is 11.1. The number of benzene rings is 2. The van der Waals surface area contributed by atoms with Crippen LogP contribution in [0, 0.1) is 20.8 Å². The van der Waals surface area contributed by atoms with Gasteiger partial charge in [-0.2, -0.15) is 0 Å². The molecule has 0 atom stereocenters. The number of carbonyl (C=O) groups excluding carboxylic acids is 2. The molecule has 0 saturated heterocycles. The third-order valence-electron chi connectivity index (χ3n) is 4.06. The van der Waals surface area contributed by atoms with Crippen LogP contribution in [-0.4, -0.2) is 31.5 Å². The zero-order valence-corrected chi connectivity index (χ0v) is 16.8. The second-order valence-electron chi connectivity index (χ2n) is 6.05. The molecule has 0 aliphatic carbocycles. The van der Waals surface area contributed by atoms with Crippen molar-refractivity contribution < 1.29 is 14.3 Å². The van der Waals surface area contributed by atoms with E-state index in [1.165, 1.54) is 0 Å². The van der Waals surface area contributed by atoms with E-state index >= 15 is 0 Å². The number of rotatable bonds is 7. The van der Waals surface area contributed by atoms with Crippen LogP contribution in [0.2, 0.25) is 0 Å². The van der Waals surface area contributed by atoms with Gasteiger partial charge in [0.05, 0.1) is 0 Å². The van der Waals surface area contributed by atoms with Crippen molar-refractivity contribution in [2.75, 3.05) is 19.7 Å². The van der Waals surface area contributed by atoms with Crippen LogP contribution in [-0.2, 0) is 4.79 Å². The SMILES string of the molecule is Cc1ccc(C)c(OCC(=O)NCCNC(=O)c2ccc(Br)cc2)c1C. The van der Waals surface area contributed by atoms with E-state index in [9.17, 15) is 9.59 Å². The highest BCUT2D eigenvalue weighted by atomic mass is 79.9. The lowest BCUT2D eigenvalue weighted by Gasteiger charge is -2.14. The second-order valence-corrected chi connectivity index (χ2v) is 6.97. The van der Waals surface area contributed by atoms with Crippen LogP contribution in [0.1, 0.15) is 27.0 Å². The van der Waals surface area contributed by atoms with Crippen LogP contribution in [0.15, 0.2) is 40.9 Å². The molecule has 0 aliphatic rings. The second kappa shape index (κ2) is 9.38. The molecule has 138 valence electrons. The lowest BCUT2D eigenvalue weighted by Crippen LogP contribution is -2.36. The van der Waals surface area contributed by atoms with Crippen LogP contribution in [0.5, 0.6) is 5.75 Å². The molecule has 0 aliphatic heterocycles. The zero-order valence-electron chi connectivity index (χ0n) is 15.2. The van der Waals surface area contributed by atoms with Gasteiger partial charge in [-0.25, -0.2) is 0 Å². The molecule has 2 rings (SSSR count). The van der Waals surface area contributed by atoms with Crippen LogP contribution < -0.4 is 15.4 Å². The highest BCUT2D eigenvalue weighted by molar-refractivity contribution is 9.10. The molecule has 2 aromatic carbocycles. The van der Waals surface area contributed by atoms with Gasteiger partial charge in [0.25, 0.3) is 11.8 Å². The Morgan fingerprint density at radius 1 is 0.923 bits per heavy atom. The molecule has 0 saturated carbocycles. The average Bonchev–Trinajstić information content (AvgIpc) is 2.62. The lowest BCUT2D eigenvalue weighted by atomic mass is 10.1. The number of halogens is 1. The van der Waals surface area contributed by atoms with Gasteiger partial charge in [-0.3, -0.25) is 9.59 Å². The third kappa shape index (κ3) is 5.59. The van der Waals surface area contributed by atoms with E-state index < -0.39 is 0 Å².